The van der Waals surface area contributed by atoms with E-state index in [-0.39, 0.29) is 17.4 Å². The van der Waals surface area contributed by atoms with E-state index in [1.165, 1.54) is 0 Å². The zero-order chi connectivity index (χ0) is 12.7. The summed E-state index contributed by atoms with van der Waals surface area (Å²) in [6.07, 6.45) is 0.854. The molecular weight excluding hydrogens is 248 g/mol. The molecule has 5 heteroatoms. The Kier molecular flexibility index (Phi) is 35.3. The molecule has 82 valence electrons. The third-order valence-electron chi connectivity index (χ3n) is 1.18. The minimum Gasteiger partial charge on any atom is 0 e. The van der Waals surface area contributed by atoms with Gasteiger partial charge in [-0.3, -0.25) is 4.79 Å². The standard InChI is InChI=1S/C8H8O.3CO.Cr/c1-7-3-2-4-8(5-7)6-9;3*1-2;/h2-6H,1H3;;;;. The Bertz CT molecular complexity index is 314. The van der Waals surface area contributed by atoms with Gasteiger partial charge in [0, 0.05) is 22.9 Å². The molecule has 0 aliphatic carbocycles. The molecule has 1 rings (SSSR count). The van der Waals surface area contributed by atoms with Crippen LogP contribution in [0.25, 0.3) is 0 Å². The van der Waals surface area contributed by atoms with E-state index >= 15 is 0 Å². The SMILES string of the molecule is Cc1cccc(C=O)c1.[C-]#[O+].[C-]#[O+].[C-]#[O+].[Cr]. The van der Waals surface area contributed by atoms with Crippen LogP contribution < -0.4 is 0 Å². The second-order valence-corrected chi connectivity index (χ2v) is 2.03. The maximum absolute atomic E-state index is 10.2. The molecule has 0 fully saturated rings. The average Bonchev–Trinajstić information content (AvgIpc) is 2.36. The molecule has 0 aliphatic heterocycles. The molecule has 0 aromatic heterocycles. The van der Waals surface area contributed by atoms with Gasteiger partial charge in [-0.05, 0) is 13.0 Å². The van der Waals surface area contributed by atoms with Crippen LogP contribution in [-0.4, -0.2) is 6.29 Å². The number of carbonyl (C=O) groups excluding carboxylic acids is 1. The number of rotatable bonds is 1. The van der Waals surface area contributed by atoms with Crippen LogP contribution in [0.2, 0.25) is 0 Å². The summed E-state index contributed by atoms with van der Waals surface area (Å²) in [5, 5.41) is 0. The van der Waals surface area contributed by atoms with Crippen molar-refractivity contribution in [3.8, 4) is 0 Å². The zero-order valence-electron chi connectivity index (χ0n) is 8.43. The van der Waals surface area contributed by atoms with Crippen molar-refractivity contribution in [3.63, 3.8) is 0 Å². The van der Waals surface area contributed by atoms with E-state index in [0.29, 0.717) is 0 Å². The van der Waals surface area contributed by atoms with Crippen molar-refractivity contribution in [2.24, 2.45) is 0 Å². The Hall–Kier alpha value is -1.36. The predicted octanol–water partition coefficient (Wildman–Crippen LogP) is 1.69. The zero-order valence-corrected chi connectivity index (χ0v) is 9.70. The molecule has 0 saturated heterocycles. The third kappa shape index (κ3) is 15.1. The van der Waals surface area contributed by atoms with Crippen LogP contribution in [-0.2, 0) is 31.3 Å². The Morgan fingerprint density at radius 3 is 1.75 bits per heavy atom. The van der Waals surface area contributed by atoms with Gasteiger partial charge in [-0.1, -0.05) is 23.8 Å². The van der Waals surface area contributed by atoms with Gasteiger partial charge in [0.1, 0.15) is 6.29 Å². The second-order valence-electron chi connectivity index (χ2n) is 2.03. The molecule has 0 spiro atoms. The smallest absolute Gasteiger partial charge is 0 e. The molecule has 1 aromatic carbocycles. The van der Waals surface area contributed by atoms with Crippen molar-refractivity contribution in [2.75, 3.05) is 0 Å². The molecule has 1 aromatic rings. The van der Waals surface area contributed by atoms with E-state index in [9.17, 15) is 4.79 Å². The summed E-state index contributed by atoms with van der Waals surface area (Å²) >= 11 is 0. The fraction of sp³-hybridized carbons (Fsp3) is 0.0909. The number of aryl methyl sites for hydroxylation is 1. The summed E-state index contributed by atoms with van der Waals surface area (Å²) in [5.74, 6) is 0. The van der Waals surface area contributed by atoms with Gasteiger partial charge in [0.05, 0.1) is 0 Å². The van der Waals surface area contributed by atoms with Crippen molar-refractivity contribution in [1.29, 1.82) is 0 Å². The fourth-order valence-electron chi connectivity index (χ4n) is 0.743. The first-order chi connectivity index (χ1) is 7.33. The largest absolute Gasteiger partial charge is 0 e. The molecule has 0 bridgehead atoms. The molecule has 0 aliphatic rings. The molecule has 0 heterocycles. The Morgan fingerprint density at radius 1 is 1.06 bits per heavy atom. The van der Waals surface area contributed by atoms with E-state index in [0.717, 1.165) is 17.4 Å². The van der Waals surface area contributed by atoms with Gasteiger partial charge in [-0.2, -0.15) is 0 Å². The monoisotopic (exact) mass is 256 g/mol. The van der Waals surface area contributed by atoms with Crippen molar-refractivity contribution >= 4 is 6.29 Å². The van der Waals surface area contributed by atoms with E-state index < -0.39 is 0 Å². The van der Waals surface area contributed by atoms with Crippen LogP contribution in [0.4, 0.5) is 0 Å². The molecule has 4 nitrogen and oxygen atoms in total. The molecule has 16 heavy (non-hydrogen) atoms. The summed E-state index contributed by atoms with van der Waals surface area (Å²) in [5.41, 5.74) is 1.87. The van der Waals surface area contributed by atoms with Crippen molar-refractivity contribution < 1.29 is 36.1 Å². The summed E-state index contributed by atoms with van der Waals surface area (Å²) in [7, 11) is 0. The van der Waals surface area contributed by atoms with Crippen LogP contribution in [0.3, 0.4) is 0 Å². The summed E-state index contributed by atoms with van der Waals surface area (Å²) < 4.78 is 22.5. The molecule has 0 atom stereocenters. The van der Waals surface area contributed by atoms with E-state index in [1.807, 2.05) is 25.1 Å². The Labute approximate surface area is 105 Å². The maximum atomic E-state index is 10.2. The minimum atomic E-state index is 0. The quantitative estimate of drug-likeness (QED) is 0.428. The number of hydrogen-bond donors (Lipinski definition) is 0. The average molecular weight is 256 g/mol. The molecule has 0 saturated carbocycles. The molecule has 0 amide bonds. The maximum Gasteiger partial charge on any atom is 0 e. The van der Waals surface area contributed by atoms with Gasteiger partial charge in [0.25, 0.3) is 0 Å². The van der Waals surface area contributed by atoms with E-state index in [4.69, 9.17) is 14.0 Å². The number of benzene rings is 1. The fourth-order valence-corrected chi connectivity index (χ4v) is 0.743. The van der Waals surface area contributed by atoms with E-state index in [2.05, 4.69) is 20.0 Å². The molecule has 0 N–H and O–H groups in total. The van der Waals surface area contributed by atoms with Crippen LogP contribution in [0.5, 0.6) is 0 Å². The number of hydrogen-bond acceptors (Lipinski definition) is 1. The van der Waals surface area contributed by atoms with Gasteiger partial charge in [0.15, 0.2) is 0 Å². The minimum absolute atomic E-state index is 0. The van der Waals surface area contributed by atoms with E-state index in [1.54, 1.807) is 6.07 Å². The van der Waals surface area contributed by atoms with Gasteiger partial charge < -0.3 is 0 Å². The first-order valence-electron chi connectivity index (χ1n) is 3.46. The third-order valence-corrected chi connectivity index (χ3v) is 1.18. The number of aldehydes is 1. The molecule has 0 radical (unpaired) electrons. The van der Waals surface area contributed by atoms with Crippen molar-refractivity contribution in [3.05, 3.63) is 55.3 Å². The molecule has 0 unspecified atom stereocenters. The predicted molar refractivity (Wildman–Crippen MR) is 48.4 cm³/mol. The van der Waals surface area contributed by atoms with Crippen LogP contribution >= 0.6 is 0 Å². The van der Waals surface area contributed by atoms with Crippen LogP contribution in [0.15, 0.2) is 24.3 Å². The normalized spacial score (nSPS) is 5.44. The van der Waals surface area contributed by atoms with Gasteiger partial charge in [-0.15, -0.1) is 0 Å². The van der Waals surface area contributed by atoms with Gasteiger partial charge >= 0.3 is 33.9 Å². The molecular formula is C11H8CrO4. The van der Waals surface area contributed by atoms with Crippen molar-refractivity contribution in [2.45, 2.75) is 6.92 Å². The first kappa shape index (κ1) is 24.1. The Balaban J connectivity index is -0.0000000900. The van der Waals surface area contributed by atoms with Crippen LogP contribution in [0.1, 0.15) is 15.9 Å². The number of carbonyl (C=O) groups is 1. The summed E-state index contributed by atoms with van der Waals surface area (Å²) in [6, 6.07) is 7.49. The first-order valence-corrected chi connectivity index (χ1v) is 3.46. The van der Waals surface area contributed by atoms with Crippen LogP contribution in [0, 0.1) is 26.9 Å². The van der Waals surface area contributed by atoms with Crippen molar-refractivity contribution in [1.82, 2.24) is 0 Å². The summed E-state index contributed by atoms with van der Waals surface area (Å²) in [6.45, 7) is 15.5. The topological polar surface area (TPSA) is 76.8 Å². The Morgan fingerprint density at radius 2 is 1.50 bits per heavy atom. The van der Waals surface area contributed by atoms with Gasteiger partial charge in [-0.25, -0.2) is 0 Å². The van der Waals surface area contributed by atoms with Gasteiger partial charge in [0.2, 0.25) is 0 Å². The second kappa shape index (κ2) is 23.5. The summed E-state index contributed by atoms with van der Waals surface area (Å²) in [4.78, 5) is 10.2.